The van der Waals surface area contributed by atoms with Gasteiger partial charge in [0.1, 0.15) is 0 Å². The molecule has 1 aromatic rings. The number of morpholine rings is 1. The van der Waals surface area contributed by atoms with Gasteiger partial charge in [0, 0.05) is 18.8 Å². The SMILES string of the molecule is NC(=S)Nc1cc(N2CCOCC2)ccc1Cl. The number of rotatable bonds is 2. The van der Waals surface area contributed by atoms with E-state index in [-0.39, 0.29) is 5.11 Å². The van der Waals surface area contributed by atoms with Crippen molar-refractivity contribution in [2.24, 2.45) is 5.73 Å². The first-order chi connectivity index (χ1) is 8.16. The molecule has 0 unspecified atom stereocenters. The molecule has 1 aliphatic heterocycles. The fourth-order valence-corrected chi connectivity index (χ4v) is 2.03. The lowest BCUT2D eigenvalue weighted by molar-refractivity contribution is 0.122. The second kappa shape index (κ2) is 5.53. The van der Waals surface area contributed by atoms with E-state index in [1.807, 2.05) is 18.2 Å². The van der Waals surface area contributed by atoms with Gasteiger partial charge in [0.25, 0.3) is 0 Å². The van der Waals surface area contributed by atoms with Gasteiger partial charge in [-0.2, -0.15) is 0 Å². The summed E-state index contributed by atoms with van der Waals surface area (Å²) in [5.74, 6) is 0. The van der Waals surface area contributed by atoms with Crippen molar-refractivity contribution in [2.75, 3.05) is 36.5 Å². The molecule has 0 atom stereocenters. The molecule has 0 radical (unpaired) electrons. The molecule has 1 heterocycles. The second-order valence-electron chi connectivity index (χ2n) is 3.75. The second-order valence-corrected chi connectivity index (χ2v) is 4.60. The average molecular weight is 272 g/mol. The Kier molecular flexibility index (Phi) is 4.04. The van der Waals surface area contributed by atoms with Crippen molar-refractivity contribution in [3.05, 3.63) is 23.2 Å². The Labute approximate surface area is 111 Å². The van der Waals surface area contributed by atoms with Crippen LogP contribution in [0.2, 0.25) is 5.02 Å². The number of anilines is 2. The maximum Gasteiger partial charge on any atom is 0.168 e. The molecular weight excluding hydrogens is 258 g/mol. The summed E-state index contributed by atoms with van der Waals surface area (Å²) in [6.45, 7) is 3.27. The first kappa shape index (κ1) is 12.4. The molecule has 0 aromatic heterocycles. The van der Waals surface area contributed by atoms with Crippen molar-refractivity contribution >= 4 is 40.3 Å². The number of hydrogen-bond donors (Lipinski definition) is 2. The Morgan fingerprint density at radius 1 is 1.41 bits per heavy atom. The molecule has 17 heavy (non-hydrogen) atoms. The van der Waals surface area contributed by atoms with Gasteiger partial charge in [0.05, 0.1) is 23.9 Å². The number of hydrogen-bond acceptors (Lipinski definition) is 3. The van der Waals surface area contributed by atoms with Gasteiger partial charge in [-0.3, -0.25) is 0 Å². The predicted molar refractivity (Wildman–Crippen MR) is 74.9 cm³/mol. The molecule has 0 spiro atoms. The zero-order valence-corrected chi connectivity index (χ0v) is 10.9. The quantitative estimate of drug-likeness (QED) is 0.804. The van der Waals surface area contributed by atoms with Gasteiger partial charge in [0.15, 0.2) is 5.11 Å². The highest BCUT2D eigenvalue weighted by Gasteiger charge is 2.12. The maximum atomic E-state index is 6.06. The number of nitrogens with two attached hydrogens (primary N) is 1. The zero-order valence-electron chi connectivity index (χ0n) is 9.28. The minimum Gasteiger partial charge on any atom is -0.378 e. The van der Waals surface area contributed by atoms with E-state index in [1.54, 1.807) is 0 Å². The van der Waals surface area contributed by atoms with Crippen LogP contribution in [-0.2, 0) is 4.74 Å². The van der Waals surface area contributed by atoms with Gasteiger partial charge in [-0.25, -0.2) is 0 Å². The molecule has 1 fully saturated rings. The van der Waals surface area contributed by atoms with Crippen LogP contribution in [-0.4, -0.2) is 31.4 Å². The third-order valence-electron chi connectivity index (χ3n) is 2.58. The fourth-order valence-electron chi connectivity index (χ4n) is 1.76. The van der Waals surface area contributed by atoms with E-state index >= 15 is 0 Å². The molecule has 6 heteroatoms. The van der Waals surface area contributed by atoms with Crippen LogP contribution in [0, 0.1) is 0 Å². The summed E-state index contributed by atoms with van der Waals surface area (Å²) < 4.78 is 5.32. The largest absolute Gasteiger partial charge is 0.378 e. The summed E-state index contributed by atoms with van der Waals surface area (Å²) in [5.41, 5.74) is 7.28. The van der Waals surface area contributed by atoms with Crippen molar-refractivity contribution in [1.82, 2.24) is 0 Å². The van der Waals surface area contributed by atoms with Crippen molar-refractivity contribution < 1.29 is 4.74 Å². The summed E-state index contributed by atoms with van der Waals surface area (Å²) in [5, 5.41) is 3.69. The Bertz CT molecular complexity index is 421. The van der Waals surface area contributed by atoms with Crippen LogP contribution in [0.25, 0.3) is 0 Å². The highest BCUT2D eigenvalue weighted by atomic mass is 35.5. The van der Waals surface area contributed by atoms with Crippen molar-refractivity contribution in [2.45, 2.75) is 0 Å². The lowest BCUT2D eigenvalue weighted by atomic mass is 10.2. The summed E-state index contributed by atoms with van der Waals surface area (Å²) >= 11 is 10.9. The topological polar surface area (TPSA) is 50.5 Å². The molecule has 0 saturated carbocycles. The van der Waals surface area contributed by atoms with E-state index in [4.69, 9.17) is 34.3 Å². The van der Waals surface area contributed by atoms with Gasteiger partial charge in [0.2, 0.25) is 0 Å². The lowest BCUT2D eigenvalue weighted by Gasteiger charge is -2.29. The number of benzene rings is 1. The molecular formula is C11H14ClN3OS. The average Bonchev–Trinajstić information content (AvgIpc) is 2.32. The third-order valence-corrected chi connectivity index (χ3v) is 3.02. The predicted octanol–water partition coefficient (Wildman–Crippen LogP) is 1.83. The fraction of sp³-hybridized carbons (Fsp3) is 0.364. The van der Waals surface area contributed by atoms with Crippen LogP contribution in [0.3, 0.4) is 0 Å². The van der Waals surface area contributed by atoms with Gasteiger partial charge >= 0.3 is 0 Å². The molecule has 92 valence electrons. The maximum absolute atomic E-state index is 6.06. The smallest absolute Gasteiger partial charge is 0.168 e. The lowest BCUT2D eigenvalue weighted by Crippen LogP contribution is -2.36. The first-order valence-corrected chi connectivity index (χ1v) is 6.14. The van der Waals surface area contributed by atoms with Crippen molar-refractivity contribution in [3.8, 4) is 0 Å². The van der Waals surface area contributed by atoms with Crippen molar-refractivity contribution in [3.63, 3.8) is 0 Å². The summed E-state index contributed by atoms with van der Waals surface area (Å²) in [4.78, 5) is 2.24. The summed E-state index contributed by atoms with van der Waals surface area (Å²) in [6, 6.07) is 5.78. The highest BCUT2D eigenvalue weighted by molar-refractivity contribution is 7.80. The molecule has 1 aliphatic rings. The molecule has 2 rings (SSSR count). The van der Waals surface area contributed by atoms with Crippen LogP contribution in [0.5, 0.6) is 0 Å². The Morgan fingerprint density at radius 2 is 2.12 bits per heavy atom. The molecule has 0 amide bonds. The van der Waals surface area contributed by atoms with E-state index in [9.17, 15) is 0 Å². The monoisotopic (exact) mass is 271 g/mol. The van der Waals surface area contributed by atoms with Crippen LogP contribution >= 0.6 is 23.8 Å². The third kappa shape index (κ3) is 3.21. The van der Waals surface area contributed by atoms with Gasteiger partial charge in [-0.1, -0.05) is 11.6 Å². The summed E-state index contributed by atoms with van der Waals surface area (Å²) in [7, 11) is 0. The minimum absolute atomic E-state index is 0.214. The number of ether oxygens (including phenoxy) is 1. The molecule has 0 aliphatic carbocycles. The van der Waals surface area contributed by atoms with Gasteiger partial charge in [-0.15, -0.1) is 0 Å². The zero-order chi connectivity index (χ0) is 12.3. The van der Waals surface area contributed by atoms with Crippen LogP contribution < -0.4 is 16.0 Å². The van der Waals surface area contributed by atoms with E-state index < -0.39 is 0 Å². The highest BCUT2D eigenvalue weighted by Crippen LogP contribution is 2.27. The van der Waals surface area contributed by atoms with E-state index in [0.29, 0.717) is 5.02 Å². The molecule has 0 bridgehead atoms. The van der Waals surface area contributed by atoms with Crippen molar-refractivity contribution in [1.29, 1.82) is 0 Å². The molecule has 1 aromatic carbocycles. The summed E-state index contributed by atoms with van der Waals surface area (Å²) in [6.07, 6.45) is 0. The normalized spacial score (nSPS) is 15.7. The molecule has 1 saturated heterocycles. The first-order valence-electron chi connectivity index (χ1n) is 5.35. The Morgan fingerprint density at radius 3 is 2.76 bits per heavy atom. The van der Waals surface area contributed by atoms with Gasteiger partial charge < -0.3 is 20.7 Å². The number of nitrogens with zero attached hydrogens (tertiary/aromatic N) is 1. The minimum atomic E-state index is 0.214. The van der Waals surface area contributed by atoms with Crippen LogP contribution in [0.1, 0.15) is 0 Å². The van der Waals surface area contributed by atoms with Gasteiger partial charge in [-0.05, 0) is 30.4 Å². The number of thiocarbonyl (C=S) groups is 1. The van der Waals surface area contributed by atoms with Crippen LogP contribution in [0.15, 0.2) is 18.2 Å². The number of nitrogens with one attached hydrogen (secondary N) is 1. The van der Waals surface area contributed by atoms with E-state index in [2.05, 4.69) is 10.2 Å². The van der Waals surface area contributed by atoms with E-state index in [0.717, 1.165) is 37.7 Å². The van der Waals surface area contributed by atoms with Crippen LogP contribution in [0.4, 0.5) is 11.4 Å². The molecule has 3 N–H and O–H groups in total. The molecule has 4 nitrogen and oxygen atoms in total. The Hall–Kier alpha value is -1.04. The van der Waals surface area contributed by atoms with E-state index in [1.165, 1.54) is 0 Å². The Balaban J connectivity index is 2.20. The standard InChI is InChI=1S/C11H14ClN3OS/c12-9-2-1-8(7-10(9)14-11(13)17)15-3-5-16-6-4-15/h1-2,7H,3-6H2,(H3,13,14,17). The number of halogens is 1.